The molecule has 3 heteroatoms. The van der Waals surface area contributed by atoms with E-state index in [1.165, 1.54) is 12.5 Å². The number of hydrogen-bond donors (Lipinski definition) is 1. The highest BCUT2D eigenvalue weighted by Crippen LogP contribution is 2.16. The summed E-state index contributed by atoms with van der Waals surface area (Å²) in [6, 6.07) is 1.74. The second-order valence-electron chi connectivity index (χ2n) is 2.43. The zero-order valence-corrected chi connectivity index (χ0v) is 7.56. The summed E-state index contributed by atoms with van der Waals surface area (Å²) in [5.41, 5.74) is 0.793. The quantitative estimate of drug-likeness (QED) is 0.722. The maximum atomic E-state index is 8.55. The van der Waals surface area contributed by atoms with Gasteiger partial charge in [-0.15, -0.1) is 6.42 Å². The van der Waals surface area contributed by atoms with Crippen LogP contribution in [-0.4, -0.2) is 18.3 Å². The second kappa shape index (κ2) is 5.88. The lowest BCUT2D eigenvalue weighted by Gasteiger charge is -2.06. The molecule has 1 atom stereocenters. The largest absolute Gasteiger partial charge is 0.472 e. The minimum Gasteiger partial charge on any atom is -0.472 e. The molecule has 0 aliphatic heterocycles. The molecule has 1 heterocycles. The van der Waals surface area contributed by atoms with Gasteiger partial charge in [-0.2, -0.15) is 0 Å². The molecule has 0 bridgehead atoms. The molecule has 14 heavy (non-hydrogen) atoms. The Kier molecular flexibility index (Phi) is 4.37. The van der Waals surface area contributed by atoms with Crippen LogP contribution in [0, 0.1) is 24.2 Å². The monoisotopic (exact) mass is 190 g/mol. The lowest BCUT2D eigenvalue weighted by atomic mass is 10.2. The van der Waals surface area contributed by atoms with E-state index in [2.05, 4.69) is 17.8 Å². The van der Waals surface area contributed by atoms with Crippen molar-refractivity contribution in [1.82, 2.24) is 0 Å². The fourth-order valence-electron chi connectivity index (χ4n) is 0.915. The van der Waals surface area contributed by atoms with Crippen LogP contribution in [0.1, 0.15) is 11.7 Å². The minimum absolute atomic E-state index is 0.177. The SMILES string of the molecule is C#CCOC(C#CCO)c1ccoc1. The van der Waals surface area contributed by atoms with Crippen LogP contribution in [0.15, 0.2) is 23.0 Å². The summed E-state index contributed by atoms with van der Waals surface area (Å²) >= 11 is 0. The first-order valence-corrected chi connectivity index (χ1v) is 4.05. The Morgan fingerprint density at radius 3 is 3.07 bits per heavy atom. The van der Waals surface area contributed by atoms with Gasteiger partial charge in [0, 0.05) is 5.56 Å². The zero-order chi connectivity index (χ0) is 10.2. The standard InChI is InChI=1S/C11H10O3/c1-2-7-14-11(4-3-6-12)10-5-8-13-9-10/h1,5,8-9,11-12H,6-7H2. The average molecular weight is 190 g/mol. The Bertz CT molecular complexity index is 348. The highest BCUT2D eigenvalue weighted by molar-refractivity contribution is 5.21. The van der Waals surface area contributed by atoms with Gasteiger partial charge in [0.05, 0.1) is 12.5 Å². The summed E-state index contributed by atoms with van der Waals surface area (Å²) in [5, 5.41) is 8.55. The van der Waals surface area contributed by atoms with E-state index < -0.39 is 6.10 Å². The van der Waals surface area contributed by atoms with E-state index in [-0.39, 0.29) is 13.2 Å². The van der Waals surface area contributed by atoms with Crippen LogP contribution >= 0.6 is 0 Å². The van der Waals surface area contributed by atoms with Crippen molar-refractivity contribution in [3.63, 3.8) is 0 Å². The van der Waals surface area contributed by atoms with Crippen LogP contribution in [0.4, 0.5) is 0 Å². The van der Waals surface area contributed by atoms with Gasteiger partial charge in [0.2, 0.25) is 0 Å². The van der Waals surface area contributed by atoms with Crippen LogP contribution in [-0.2, 0) is 4.74 Å². The molecule has 1 aromatic rings. The number of aliphatic hydroxyl groups is 1. The molecule has 0 aliphatic rings. The molecule has 0 aromatic carbocycles. The summed E-state index contributed by atoms with van der Waals surface area (Å²) in [6.07, 6.45) is 7.69. The van der Waals surface area contributed by atoms with Crippen LogP contribution in [0.2, 0.25) is 0 Å². The molecule has 72 valence electrons. The van der Waals surface area contributed by atoms with E-state index in [1.807, 2.05) is 0 Å². The highest BCUT2D eigenvalue weighted by atomic mass is 16.5. The number of rotatable bonds is 3. The summed E-state index contributed by atoms with van der Waals surface area (Å²) in [4.78, 5) is 0. The van der Waals surface area contributed by atoms with Gasteiger partial charge in [0.15, 0.2) is 0 Å². The minimum atomic E-state index is -0.433. The summed E-state index contributed by atoms with van der Waals surface area (Å²) < 4.78 is 10.2. The van der Waals surface area contributed by atoms with Crippen LogP contribution < -0.4 is 0 Å². The number of furan rings is 1. The molecule has 0 aliphatic carbocycles. The molecular weight excluding hydrogens is 180 g/mol. The summed E-state index contributed by atoms with van der Waals surface area (Å²) in [5.74, 6) is 7.60. The van der Waals surface area contributed by atoms with Crippen molar-refractivity contribution in [1.29, 1.82) is 0 Å². The Balaban J connectivity index is 2.68. The lowest BCUT2D eigenvalue weighted by molar-refractivity contribution is 0.120. The van der Waals surface area contributed by atoms with E-state index in [1.54, 1.807) is 6.07 Å². The average Bonchev–Trinajstić information content (AvgIpc) is 2.71. The fourth-order valence-corrected chi connectivity index (χ4v) is 0.915. The molecule has 1 rings (SSSR count). The number of hydrogen-bond acceptors (Lipinski definition) is 3. The summed E-state index contributed by atoms with van der Waals surface area (Å²) in [7, 11) is 0. The molecular formula is C11H10O3. The smallest absolute Gasteiger partial charge is 0.147 e. The van der Waals surface area contributed by atoms with Gasteiger partial charge in [-0.1, -0.05) is 17.8 Å². The third-order valence-electron chi connectivity index (χ3n) is 1.49. The third-order valence-corrected chi connectivity index (χ3v) is 1.49. The van der Waals surface area contributed by atoms with Crippen molar-refractivity contribution >= 4 is 0 Å². The predicted octanol–water partition coefficient (Wildman–Crippen LogP) is 0.966. The topological polar surface area (TPSA) is 42.6 Å². The first kappa shape index (κ1) is 10.4. The zero-order valence-electron chi connectivity index (χ0n) is 7.56. The molecule has 0 radical (unpaired) electrons. The van der Waals surface area contributed by atoms with E-state index in [9.17, 15) is 0 Å². The normalized spacial score (nSPS) is 11.1. The molecule has 0 saturated carbocycles. The second-order valence-corrected chi connectivity index (χ2v) is 2.43. The van der Waals surface area contributed by atoms with Gasteiger partial charge in [-0.05, 0) is 6.07 Å². The van der Waals surface area contributed by atoms with Crippen LogP contribution in [0.3, 0.4) is 0 Å². The van der Waals surface area contributed by atoms with Gasteiger partial charge >= 0.3 is 0 Å². The lowest BCUT2D eigenvalue weighted by Crippen LogP contribution is -2.01. The van der Waals surface area contributed by atoms with Crippen molar-refractivity contribution in [3.05, 3.63) is 24.2 Å². The van der Waals surface area contributed by atoms with Crippen molar-refractivity contribution in [2.24, 2.45) is 0 Å². The van der Waals surface area contributed by atoms with Crippen LogP contribution in [0.25, 0.3) is 0 Å². The number of ether oxygens (including phenoxy) is 1. The number of terminal acetylenes is 1. The van der Waals surface area contributed by atoms with Crippen molar-refractivity contribution in [2.45, 2.75) is 6.10 Å². The predicted molar refractivity (Wildman–Crippen MR) is 51.1 cm³/mol. The maximum Gasteiger partial charge on any atom is 0.147 e. The number of aliphatic hydroxyl groups excluding tert-OH is 1. The van der Waals surface area contributed by atoms with Crippen molar-refractivity contribution in [2.75, 3.05) is 13.2 Å². The van der Waals surface area contributed by atoms with Gasteiger partial charge in [-0.25, -0.2) is 0 Å². The molecule has 0 saturated heterocycles. The van der Waals surface area contributed by atoms with E-state index in [0.717, 1.165) is 5.56 Å². The molecule has 0 fully saturated rings. The molecule has 1 N–H and O–H groups in total. The van der Waals surface area contributed by atoms with E-state index in [4.69, 9.17) is 20.7 Å². The van der Waals surface area contributed by atoms with E-state index >= 15 is 0 Å². The summed E-state index contributed by atoms with van der Waals surface area (Å²) in [6.45, 7) is -0.0241. The van der Waals surface area contributed by atoms with Gasteiger partial charge in [-0.3, -0.25) is 0 Å². The first-order chi connectivity index (χ1) is 6.88. The highest BCUT2D eigenvalue weighted by Gasteiger charge is 2.08. The Labute approximate surface area is 82.7 Å². The molecule has 0 amide bonds. The van der Waals surface area contributed by atoms with Gasteiger partial charge in [0.25, 0.3) is 0 Å². The Hall–Kier alpha value is -1.68. The van der Waals surface area contributed by atoms with Gasteiger partial charge < -0.3 is 14.3 Å². The maximum absolute atomic E-state index is 8.55. The van der Waals surface area contributed by atoms with E-state index in [0.29, 0.717) is 0 Å². The van der Waals surface area contributed by atoms with Crippen LogP contribution in [0.5, 0.6) is 0 Å². The molecule has 0 spiro atoms. The van der Waals surface area contributed by atoms with Crippen molar-refractivity contribution < 1.29 is 14.3 Å². The fraction of sp³-hybridized carbons (Fsp3) is 0.273. The molecule has 1 aromatic heterocycles. The van der Waals surface area contributed by atoms with Gasteiger partial charge in [0.1, 0.15) is 19.3 Å². The Morgan fingerprint density at radius 2 is 2.50 bits per heavy atom. The third kappa shape index (κ3) is 2.99. The first-order valence-electron chi connectivity index (χ1n) is 4.05. The Morgan fingerprint density at radius 1 is 1.64 bits per heavy atom. The van der Waals surface area contributed by atoms with Crippen molar-refractivity contribution in [3.8, 4) is 24.2 Å². The molecule has 1 unspecified atom stereocenters. The molecule has 3 nitrogen and oxygen atoms in total.